The zero-order valence-electron chi connectivity index (χ0n) is 17.2. The zero-order valence-corrected chi connectivity index (χ0v) is 18.0. The predicted molar refractivity (Wildman–Crippen MR) is 117 cm³/mol. The Balaban J connectivity index is 1.76. The van der Waals surface area contributed by atoms with Gasteiger partial charge in [-0.3, -0.25) is 4.79 Å². The summed E-state index contributed by atoms with van der Waals surface area (Å²) >= 11 is 5.95. The summed E-state index contributed by atoms with van der Waals surface area (Å²) < 4.78 is 12.7. The quantitative estimate of drug-likeness (QED) is 0.602. The molecule has 0 radical (unpaired) electrons. The molecule has 1 amide bonds. The number of rotatable bonds is 6. The first-order valence-corrected chi connectivity index (χ1v) is 10.0. The first-order valence-electron chi connectivity index (χ1n) is 9.65. The summed E-state index contributed by atoms with van der Waals surface area (Å²) in [6, 6.07) is 11.9. The van der Waals surface area contributed by atoms with Crippen molar-refractivity contribution in [2.24, 2.45) is 0 Å². The van der Waals surface area contributed by atoms with Gasteiger partial charge in [-0.1, -0.05) is 22.8 Å². The van der Waals surface area contributed by atoms with E-state index in [0.717, 1.165) is 5.56 Å². The molecule has 160 valence electrons. The number of amides is 1. The van der Waals surface area contributed by atoms with E-state index in [1.807, 2.05) is 32.0 Å². The third kappa shape index (κ3) is 4.04. The van der Waals surface area contributed by atoms with Crippen LogP contribution in [0.1, 0.15) is 25.5 Å². The molecule has 0 saturated heterocycles. The number of ether oxygens (including phenoxy) is 2. The van der Waals surface area contributed by atoms with Crippen molar-refractivity contribution in [3.63, 3.8) is 0 Å². The second kappa shape index (κ2) is 8.65. The number of aromatic nitrogens is 4. The first-order chi connectivity index (χ1) is 15.0. The van der Waals surface area contributed by atoms with E-state index in [0.29, 0.717) is 46.0 Å². The average molecular weight is 441 g/mol. The third-order valence-electron chi connectivity index (χ3n) is 4.86. The molecule has 0 saturated carbocycles. The zero-order chi connectivity index (χ0) is 22.0. The van der Waals surface area contributed by atoms with Crippen molar-refractivity contribution in [3.8, 4) is 11.5 Å². The molecule has 2 N–H and O–H groups in total. The van der Waals surface area contributed by atoms with Crippen LogP contribution in [0.4, 0.5) is 11.6 Å². The van der Waals surface area contributed by atoms with Gasteiger partial charge in [-0.05, 0) is 66.2 Å². The van der Waals surface area contributed by atoms with Crippen molar-refractivity contribution in [1.82, 2.24) is 20.2 Å². The summed E-state index contributed by atoms with van der Waals surface area (Å²) in [6.07, 6.45) is 0. The maximum absolute atomic E-state index is 13.3. The Morgan fingerprint density at radius 2 is 2.00 bits per heavy atom. The lowest BCUT2D eigenvalue weighted by Gasteiger charge is -2.28. The predicted octanol–water partition coefficient (Wildman–Crippen LogP) is 3.66. The molecule has 9 nitrogen and oxygen atoms in total. The number of methoxy groups -OCH3 is 1. The molecule has 2 heterocycles. The van der Waals surface area contributed by atoms with Crippen LogP contribution in [0.3, 0.4) is 0 Å². The highest BCUT2D eigenvalue weighted by molar-refractivity contribution is 6.30. The summed E-state index contributed by atoms with van der Waals surface area (Å²) in [4.78, 5) is 13.3. The molecule has 0 unspecified atom stereocenters. The molecule has 3 aromatic rings. The summed E-state index contributed by atoms with van der Waals surface area (Å²) in [7, 11) is 1.57. The molecule has 0 bridgehead atoms. The van der Waals surface area contributed by atoms with E-state index in [2.05, 4.69) is 26.2 Å². The van der Waals surface area contributed by atoms with E-state index in [-0.39, 0.29) is 5.91 Å². The number of hydrogen-bond donors (Lipinski definition) is 2. The van der Waals surface area contributed by atoms with Crippen LogP contribution in [0, 0.1) is 0 Å². The first kappa shape index (κ1) is 20.7. The highest BCUT2D eigenvalue weighted by Crippen LogP contribution is 2.38. The number of hydrogen-bond acceptors (Lipinski definition) is 7. The van der Waals surface area contributed by atoms with E-state index in [4.69, 9.17) is 21.1 Å². The number of halogens is 1. The SMILES string of the molecule is CCOc1ccc([C@@H]2C(C(=O)Nc3ccc(Cl)cc3)=C(C)Nc3nnnn32)cc1OC. The molecular weight excluding hydrogens is 420 g/mol. The van der Waals surface area contributed by atoms with Gasteiger partial charge >= 0.3 is 0 Å². The standard InChI is InChI=1S/C21H21ClN6O3/c1-4-31-16-10-5-13(11-17(16)30-3)19-18(12(2)23-21-25-26-27-28(19)21)20(29)24-15-8-6-14(22)7-9-15/h5-11,19H,4H2,1-3H3,(H,24,29)(H,23,25,27)/t19-/m1/s1. The Hall–Kier alpha value is -3.59. The molecule has 10 heteroatoms. The summed E-state index contributed by atoms with van der Waals surface area (Å²) in [5.41, 5.74) is 2.52. The molecule has 1 aliphatic rings. The number of anilines is 2. The molecule has 0 fully saturated rings. The normalized spacial score (nSPS) is 15.2. The fraction of sp³-hybridized carbons (Fsp3) is 0.238. The van der Waals surface area contributed by atoms with Gasteiger partial charge in [0.1, 0.15) is 6.04 Å². The van der Waals surface area contributed by atoms with Crippen molar-refractivity contribution in [2.75, 3.05) is 24.4 Å². The van der Waals surface area contributed by atoms with Crippen molar-refractivity contribution >= 4 is 29.1 Å². The van der Waals surface area contributed by atoms with Gasteiger partial charge in [0.25, 0.3) is 5.91 Å². The highest BCUT2D eigenvalue weighted by atomic mass is 35.5. The van der Waals surface area contributed by atoms with Crippen LogP contribution in [0.15, 0.2) is 53.7 Å². The van der Waals surface area contributed by atoms with Crippen LogP contribution in [-0.4, -0.2) is 39.8 Å². The van der Waals surface area contributed by atoms with Crippen LogP contribution in [0.2, 0.25) is 5.02 Å². The number of benzene rings is 2. The Bertz CT molecular complexity index is 1140. The van der Waals surface area contributed by atoms with Gasteiger partial charge in [-0.25, -0.2) is 0 Å². The van der Waals surface area contributed by atoms with Gasteiger partial charge in [0.05, 0.1) is 19.3 Å². The molecule has 2 aromatic carbocycles. The minimum Gasteiger partial charge on any atom is -0.493 e. The molecule has 4 rings (SSSR count). The maximum atomic E-state index is 13.3. The van der Waals surface area contributed by atoms with Crippen molar-refractivity contribution < 1.29 is 14.3 Å². The second-order valence-corrected chi connectivity index (χ2v) is 7.25. The number of nitrogens with one attached hydrogen (secondary N) is 2. The van der Waals surface area contributed by atoms with Crippen LogP contribution in [0.5, 0.6) is 11.5 Å². The largest absolute Gasteiger partial charge is 0.493 e. The summed E-state index contributed by atoms with van der Waals surface area (Å²) in [5, 5.41) is 18.5. The number of allylic oxidation sites excluding steroid dienone is 1. The molecule has 0 spiro atoms. The minimum absolute atomic E-state index is 0.286. The van der Waals surface area contributed by atoms with E-state index in [9.17, 15) is 4.79 Å². The van der Waals surface area contributed by atoms with E-state index in [1.54, 1.807) is 36.1 Å². The maximum Gasteiger partial charge on any atom is 0.255 e. The smallest absolute Gasteiger partial charge is 0.255 e. The van der Waals surface area contributed by atoms with Crippen molar-refractivity contribution in [2.45, 2.75) is 19.9 Å². The summed E-state index contributed by atoms with van der Waals surface area (Å²) in [5.74, 6) is 1.33. The van der Waals surface area contributed by atoms with Crippen molar-refractivity contribution in [1.29, 1.82) is 0 Å². The topological polar surface area (TPSA) is 103 Å². The number of fused-ring (bicyclic) bond motifs is 1. The van der Waals surface area contributed by atoms with Crippen LogP contribution in [-0.2, 0) is 4.79 Å². The molecule has 0 aliphatic carbocycles. The number of nitrogens with zero attached hydrogens (tertiary/aromatic N) is 4. The number of carbonyl (C=O) groups is 1. The second-order valence-electron chi connectivity index (χ2n) is 6.82. The van der Waals surface area contributed by atoms with E-state index >= 15 is 0 Å². The Morgan fingerprint density at radius 1 is 1.23 bits per heavy atom. The third-order valence-corrected chi connectivity index (χ3v) is 5.12. The van der Waals surface area contributed by atoms with Gasteiger partial charge < -0.3 is 20.1 Å². The van der Waals surface area contributed by atoms with E-state index in [1.165, 1.54) is 0 Å². The fourth-order valence-electron chi connectivity index (χ4n) is 3.48. The minimum atomic E-state index is -0.567. The van der Waals surface area contributed by atoms with Crippen molar-refractivity contribution in [3.05, 3.63) is 64.3 Å². The molecule has 1 aliphatic heterocycles. The lowest BCUT2D eigenvalue weighted by Crippen LogP contribution is -2.31. The van der Waals surface area contributed by atoms with Gasteiger partial charge in [-0.15, -0.1) is 0 Å². The molecule has 31 heavy (non-hydrogen) atoms. The van der Waals surface area contributed by atoms with Gasteiger partial charge in [0.15, 0.2) is 11.5 Å². The number of carbonyl (C=O) groups excluding carboxylic acids is 1. The van der Waals surface area contributed by atoms with Gasteiger partial charge in [0, 0.05) is 16.4 Å². The molecule has 1 aromatic heterocycles. The monoisotopic (exact) mass is 440 g/mol. The average Bonchev–Trinajstić information content (AvgIpc) is 3.23. The van der Waals surface area contributed by atoms with Gasteiger partial charge in [-0.2, -0.15) is 4.68 Å². The van der Waals surface area contributed by atoms with Crippen LogP contribution < -0.4 is 20.1 Å². The van der Waals surface area contributed by atoms with Crippen LogP contribution >= 0.6 is 11.6 Å². The van der Waals surface area contributed by atoms with Crippen LogP contribution in [0.25, 0.3) is 0 Å². The van der Waals surface area contributed by atoms with Gasteiger partial charge in [0.2, 0.25) is 5.95 Å². The fourth-order valence-corrected chi connectivity index (χ4v) is 3.60. The number of tetrazole rings is 1. The lowest BCUT2D eigenvalue weighted by molar-refractivity contribution is -0.113. The molecule has 1 atom stereocenters. The highest BCUT2D eigenvalue weighted by Gasteiger charge is 2.34. The van der Waals surface area contributed by atoms with E-state index < -0.39 is 6.04 Å². The Kier molecular flexibility index (Phi) is 5.77. The Morgan fingerprint density at radius 3 is 2.71 bits per heavy atom. The lowest BCUT2D eigenvalue weighted by atomic mass is 9.94. The Labute approximate surface area is 184 Å². The molecular formula is C21H21ClN6O3. The summed E-state index contributed by atoms with van der Waals surface area (Å²) in [6.45, 7) is 4.22.